The van der Waals surface area contributed by atoms with Crippen LogP contribution in [-0.2, 0) is 20.9 Å². The van der Waals surface area contributed by atoms with Gasteiger partial charge < -0.3 is 4.74 Å². The van der Waals surface area contributed by atoms with Crippen molar-refractivity contribution in [1.29, 1.82) is 5.26 Å². The minimum Gasteiger partial charge on any atom is -0.381 e. The van der Waals surface area contributed by atoms with Crippen molar-refractivity contribution in [3.05, 3.63) is 29.3 Å². The Morgan fingerprint density at radius 1 is 1.27 bits per heavy atom. The average Bonchev–Trinajstić information content (AvgIpc) is 3.23. The SMILES string of the molecule is CO[C@@H]1C[C@@H]2C[C@H]1C1[C@@H]2CN(c2ccc(C#N)c(C(F)(F)F)c2)S1(=O)=O. The first kappa shape index (κ1) is 17.6. The molecule has 9 heteroatoms. The second-order valence-corrected chi connectivity index (χ2v) is 9.23. The Bertz CT molecular complexity index is 893. The molecule has 3 fully saturated rings. The maximum Gasteiger partial charge on any atom is 0.417 e. The standard InChI is InChI=1S/C17H17F3N2O3S/c1-25-15-5-10-4-12(15)16-13(10)8-22(26(16,23)24)11-3-2-9(7-21)14(6-11)17(18,19)20/h2-3,6,10,12-13,15-16H,4-5,8H2,1H3/t10-,12+,13+,15+,16?/m0/s1. The van der Waals surface area contributed by atoms with Gasteiger partial charge in [0.05, 0.1) is 34.2 Å². The van der Waals surface area contributed by atoms with E-state index in [-0.39, 0.29) is 36.1 Å². The number of nitrogens with zero attached hydrogens (tertiary/aromatic N) is 2. The first-order valence-corrected chi connectivity index (χ1v) is 9.84. The van der Waals surface area contributed by atoms with Gasteiger partial charge in [0, 0.05) is 19.6 Å². The van der Waals surface area contributed by atoms with Crippen LogP contribution in [0.15, 0.2) is 18.2 Å². The highest BCUT2D eigenvalue weighted by Crippen LogP contribution is 2.56. The van der Waals surface area contributed by atoms with E-state index in [1.165, 1.54) is 12.1 Å². The third-order valence-electron chi connectivity index (χ3n) is 6.08. The minimum absolute atomic E-state index is 0.0286. The summed E-state index contributed by atoms with van der Waals surface area (Å²) in [5.41, 5.74) is -1.65. The molecule has 2 saturated carbocycles. The van der Waals surface area contributed by atoms with Crippen LogP contribution in [0, 0.1) is 29.1 Å². The zero-order chi connectivity index (χ0) is 18.9. The summed E-state index contributed by atoms with van der Waals surface area (Å²) in [4.78, 5) is 0. The summed E-state index contributed by atoms with van der Waals surface area (Å²) in [7, 11) is -2.20. The summed E-state index contributed by atoms with van der Waals surface area (Å²) in [6, 6.07) is 4.60. The predicted octanol–water partition coefficient (Wildman–Crippen LogP) is 2.77. The molecule has 5 atom stereocenters. The first-order chi connectivity index (χ1) is 12.2. The highest BCUT2D eigenvalue weighted by atomic mass is 32.2. The van der Waals surface area contributed by atoms with Crippen LogP contribution < -0.4 is 4.31 Å². The molecule has 140 valence electrons. The number of nitriles is 1. The number of alkyl halides is 3. The van der Waals surface area contributed by atoms with E-state index in [0.717, 1.165) is 29.3 Å². The van der Waals surface area contributed by atoms with Gasteiger partial charge in [-0.15, -0.1) is 0 Å². The van der Waals surface area contributed by atoms with Crippen molar-refractivity contribution in [1.82, 2.24) is 0 Å². The molecule has 4 rings (SSSR count). The van der Waals surface area contributed by atoms with Crippen LogP contribution in [0.2, 0.25) is 0 Å². The second-order valence-electron chi connectivity index (χ2n) is 7.21. The number of sulfonamides is 1. The Morgan fingerprint density at radius 2 is 2.00 bits per heavy atom. The van der Waals surface area contributed by atoms with Crippen molar-refractivity contribution >= 4 is 15.7 Å². The van der Waals surface area contributed by atoms with Crippen LogP contribution >= 0.6 is 0 Å². The van der Waals surface area contributed by atoms with Gasteiger partial charge in [0.1, 0.15) is 0 Å². The van der Waals surface area contributed by atoms with Crippen LogP contribution in [0.1, 0.15) is 24.0 Å². The molecule has 26 heavy (non-hydrogen) atoms. The Morgan fingerprint density at radius 3 is 2.62 bits per heavy atom. The van der Waals surface area contributed by atoms with Gasteiger partial charge in [0.25, 0.3) is 0 Å². The number of hydrogen-bond donors (Lipinski definition) is 0. The van der Waals surface area contributed by atoms with E-state index in [1.807, 2.05) is 0 Å². The van der Waals surface area contributed by atoms with Crippen molar-refractivity contribution < 1.29 is 26.3 Å². The molecule has 2 aliphatic carbocycles. The number of benzene rings is 1. The van der Waals surface area contributed by atoms with Crippen molar-refractivity contribution in [2.24, 2.45) is 17.8 Å². The molecular formula is C17H17F3N2O3S. The lowest BCUT2D eigenvalue weighted by Crippen LogP contribution is -2.39. The van der Waals surface area contributed by atoms with Crippen molar-refractivity contribution in [3.8, 4) is 6.07 Å². The van der Waals surface area contributed by atoms with Gasteiger partial charge in [-0.1, -0.05) is 0 Å². The molecule has 1 unspecified atom stereocenters. The van der Waals surface area contributed by atoms with E-state index in [4.69, 9.17) is 10.00 Å². The Hall–Kier alpha value is -1.79. The van der Waals surface area contributed by atoms with Gasteiger partial charge in [0.15, 0.2) is 0 Å². The number of ether oxygens (including phenoxy) is 1. The van der Waals surface area contributed by atoms with Crippen molar-refractivity contribution in [2.75, 3.05) is 18.0 Å². The highest BCUT2D eigenvalue weighted by Gasteiger charge is 2.63. The molecule has 1 saturated heterocycles. The quantitative estimate of drug-likeness (QED) is 0.784. The highest BCUT2D eigenvalue weighted by molar-refractivity contribution is 7.93. The summed E-state index contributed by atoms with van der Waals surface area (Å²) in [6.45, 7) is 0.188. The molecule has 1 aromatic carbocycles. The van der Waals surface area contributed by atoms with Gasteiger partial charge in [-0.3, -0.25) is 4.31 Å². The molecule has 1 aromatic rings. The lowest BCUT2D eigenvalue weighted by Gasteiger charge is -2.28. The van der Waals surface area contributed by atoms with E-state index in [2.05, 4.69) is 0 Å². The van der Waals surface area contributed by atoms with Gasteiger partial charge in [-0.05, 0) is 42.9 Å². The van der Waals surface area contributed by atoms with E-state index in [1.54, 1.807) is 7.11 Å². The van der Waals surface area contributed by atoms with Crippen molar-refractivity contribution in [2.45, 2.75) is 30.4 Å². The molecule has 1 heterocycles. The molecule has 0 amide bonds. The van der Waals surface area contributed by atoms with Crippen LogP contribution in [0.4, 0.5) is 18.9 Å². The largest absolute Gasteiger partial charge is 0.417 e. The van der Waals surface area contributed by atoms with Gasteiger partial charge >= 0.3 is 6.18 Å². The maximum absolute atomic E-state index is 13.2. The molecule has 3 aliphatic rings. The zero-order valence-corrected chi connectivity index (χ0v) is 14.7. The Labute approximate surface area is 149 Å². The Balaban J connectivity index is 1.74. The van der Waals surface area contributed by atoms with Gasteiger partial charge in [-0.2, -0.15) is 18.4 Å². The molecule has 2 bridgehead atoms. The molecule has 5 nitrogen and oxygen atoms in total. The topological polar surface area (TPSA) is 70.4 Å². The predicted molar refractivity (Wildman–Crippen MR) is 86.7 cm³/mol. The molecule has 0 aromatic heterocycles. The average molecular weight is 386 g/mol. The normalized spacial score (nSPS) is 34.7. The number of halogens is 3. The third-order valence-corrected chi connectivity index (χ3v) is 8.45. The summed E-state index contributed by atoms with van der Waals surface area (Å²) >= 11 is 0. The zero-order valence-electron chi connectivity index (χ0n) is 13.9. The van der Waals surface area contributed by atoms with Crippen LogP contribution in [0.5, 0.6) is 0 Å². The Kier molecular flexibility index (Phi) is 3.80. The third kappa shape index (κ3) is 2.35. The summed E-state index contributed by atoms with van der Waals surface area (Å²) in [5, 5.41) is 8.31. The molecule has 0 spiro atoms. The van der Waals surface area contributed by atoms with Crippen LogP contribution in [0.3, 0.4) is 0 Å². The summed E-state index contributed by atoms with van der Waals surface area (Å²) < 4.78 is 72.3. The van der Waals surface area contributed by atoms with Crippen molar-refractivity contribution in [3.63, 3.8) is 0 Å². The molecule has 1 aliphatic heterocycles. The number of rotatable bonds is 2. The van der Waals surface area contributed by atoms with Crippen LogP contribution in [-0.4, -0.2) is 33.4 Å². The number of anilines is 1. The van der Waals surface area contributed by atoms with Crippen LogP contribution in [0.25, 0.3) is 0 Å². The lowest BCUT2D eigenvalue weighted by atomic mass is 9.86. The minimum atomic E-state index is -4.72. The fraction of sp³-hybridized carbons (Fsp3) is 0.588. The van der Waals surface area contributed by atoms with E-state index >= 15 is 0 Å². The number of hydrogen-bond acceptors (Lipinski definition) is 4. The molecule has 0 radical (unpaired) electrons. The number of methoxy groups -OCH3 is 1. The lowest BCUT2D eigenvalue weighted by molar-refractivity contribution is -0.137. The summed E-state index contributed by atoms with van der Waals surface area (Å²) in [5.74, 6) is 0.0297. The fourth-order valence-corrected chi connectivity index (χ4v) is 7.59. The number of fused-ring (bicyclic) bond motifs is 5. The van der Waals surface area contributed by atoms with E-state index in [9.17, 15) is 21.6 Å². The van der Waals surface area contributed by atoms with E-state index in [0.29, 0.717) is 0 Å². The van der Waals surface area contributed by atoms with Gasteiger partial charge in [0.2, 0.25) is 10.0 Å². The fourth-order valence-electron chi connectivity index (χ4n) is 5.03. The summed E-state index contributed by atoms with van der Waals surface area (Å²) in [6.07, 6.45) is -3.24. The van der Waals surface area contributed by atoms with E-state index < -0.39 is 32.6 Å². The second kappa shape index (κ2) is 5.60. The smallest absolute Gasteiger partial charge is 0.381 e. The molecule has 0 N–H and O–H groups in total. The monoisotopic (exact) mass is 386 g/mol. The van der Waals surface area contributed by atoms with Gasteiger partial charge in [-0.25, -0.2) is 8.42 Å². The maximum atomic E-state index is 13.2. The first-order valence-electron chi connectivity index (χ1n) is 8.34. The molecular weight excluding hydrogens is 369 g/mol.